The monoisotopic (exact) mass is 421 g/mol. The Morgan fingerprint density at radius 1 is 0.871 bits per heavy atom. The zero-order valence-electron chi connectivity index (χ0n) is 18.5. The SMILES string of the molecule is Cc1ccc(C(=O)N2CCN(C(=O)C(NC(=O)CC(C)C)c3ccccc3)CC2)cc1. The highest BCUT2D eigenvalue weighted by atomic mass is 16.2. The number of carbonyl (C=O) groups excluding carboxylic acids is 3. The van der Waals surface area contributed by atoms with Gasteiger partial charge in [0, 0.05) is 38.2 Å². The molecule has 6 nitrogen and oxygen atoms in total. The van der Waals surface area contributed by atoms with E-state index in [1.54, 1.807) is 9.80 Å². The van der Waals surface area contributed by atoms with E-state index in [0.29, 0.717) is 38.2 Å². The van der Waals surface area contributed by atoms with Crippen LogP contribution in [0.4, 0.5) is 0 Å². The van der Waals surface area contributed by atoms with Gasteiger partial charge in [-0.05, 0) is 30.5 Å². The fraction of sp³-hybridized carbons (Fsp3) is 0.400. The Kier molecular flexibility index (Phi) is 7.45. The smallest absolute Gasteiger partial charge is 0.253 e. The summed E-state index contributed by atoms with van der Waals surface area (Å²) in [5, 5.41) is 2.92. The highest BCUT2D eigenvalue weighted by Gasteiger charge is 2.31. The normalized spacial score (nSPS) is 15.0. The van der Waals surface area contributed by atoms with Crippen LogP contribution < -0.4 is 5.32 Å². The average molecular weight is 422 g/mol. The van der Waals surface area contributed by atoms with Gasteiger partial charge in [-0.2, -0.15) is 0 Å². The largest absolute Gasteiger partial charge is 0.341 e. The van der Waals surface area contributed by atoms with E-state index < -0.39 is 6.04 Å². The van der Waals surface area contributed by atoms with Crippen molar-refractivity contribution in [2.45, 2.75) is 33.2 Å². The van der Waals surface area contributed by atoms with Gasteiger partial charge in [-0.3, -0.25) is 14.4 Å². The summed E-state index contributed by atoms with van der Waals surface area (Å²) >= 11 is 0. The van der Waals surface area contributed by atoms with Crippen LogP contribution in [0, 0.1) is 12.8 Å². The molecule has 1 atom stereocenters. The number of nitrogens with zero attached hydrogens (tertiary/aromatic N) is 2. The van der Waals surface area contributed by atoms with Gasteiger partial charge in [0.05, 0.1) is 0 Å². The summed E-state index contributed by atoms with van der Waals surface area (Å²) in [7, 11) is 0. The van der Waals surface area contributed by atoms with Gasteiger partial charge in [-0.1, -0.05) is 61.9 Å². The standard InChI is InChI=1S/C25H31N3O3/c1-18(2)17-22(29)26-23(20-7-5-4-6-8-20)25(31)28-15-13-27(14-16-28)24(30)21-11-9-19(3)10-12-21/h4-12,18,23H,13-17H2,1-3H3,(H,26,29). The van der Waals surface area contributed by atoms with Gasteiger partial charge in [0.25, 0.3) is 5.91 Å². The summed E-state index contributed by atoms with van der Waals surface area (Å²) in [6, 6.07) is 16.1. The Balaban J connectivity index is 1.66. The van der Waals surface area contributed by atoms with Crippen LogP contribution in [-0.4, -0.2) is 53.7 Å². The summed E-state index contributed by atoms with van der Waals surface area (Å²) in [6.45, 7) is 7.77. The van der Waals surface area contributed by atoms with Crippen molar-refractivity contribution < 1.29 is 14.4 Å². The predicted molar refractivity (Wildman–Crippen MR) is 120 cm³/mol. The quantitative estimate of drug-likeness (QED) is 0.779. The number of piperazine rings is 1. The first kappa shape index (κ1) is 22.5. The van der Waals surface area contributed by atoms with Crippen molar-refractivity contribution in [2.24, 2.45) is 5.92 Å². The molecule has 164 valence electrons. The zero-order chi connectivity index (χ0) is 22.4. The predicted octanol–water partition coefficient (Wildman–Crippen LogP) is 3.18. The first-order valence-electron chi connectivity index (χ1n) is 10.8. The molecule has 3 amide bonds. The van der Waals surface area contributed by atoms with Crippen molar-refractivity contribution in [1.29, 1.82) is 0 Å². The topological polar surface area (TPSA) is 69.7 Å². The van der Waals surface area contributed by atoms with Gasteiger partial charge in [0.1, 0.15) is 6.04 Å². The van der Waals surface area contributed by atoms with Crippen molar-refractivity contribution >= 4 is 17.7 Å². The van der Waals surface area contributed by atoms with Crippen molar-refractivity contribution in [3.63, 3.8) is 0 Å². The lowest BCUT2D eigenvalue weighted by atomic mass is 10.0. The van der Waals surface area contributed by atoms with E-state index in [9.17, 15) is 14.4 Å². The van der Waals surface area contributed by atoms with Gasteiger partial charge >= 0.3 is 0 Å². The molecule has 1 saturated heterocycles. The number of amides is 3. The molecule has 31 heavy (non-hydrogen) atoms. The molecule has 0 aromatic heterocycles. The van der Waals surface area contributed by atoms with Gasteiger partial charge < -0.3 is 15.1 Å². The summed E-state index contributed by atoms with van der Waals surface area (Å²) < 4.78 is 0. The van der Waals surface area contributed by atoms with Gasteiger partial charge in [0.15, 0.2) is 0 Å². The molecule has 3 rings (SSSR count). The molecule has 0 aliphatic carbocycles. The number of aryl methyl sites for hydroxylation is 1. The Morgan fingerprint density at radius 2 is 1.45 bits per heavy atom. The molecule has 0 radical (unpaired) electrons. The van der Waals surface area contributed by atoms with E-state index in [2.05, 4.69) is 5.32 Å². The Morgan fingerprint density at radius 3 is 2.03 bits per heavy atom. The van der Waals surface area contributed by atoms with E-state index in [1.807, 2.05) is 75.4 Å². The molecule has 1 aliphatic heterocycles. The average Bonchev–Trinajstić information content (AvgIpc) is 2.77. The maximum atomic E-state index is 13.3. The third kappa shape index (κ3) is 5.94. The van der Waals surface area contributed by atoms with Gasteiger partial charge in [0.2, 0.25) is 11.8 Å². The fourth-order valence-electron chi connectivity index (χ4n) is 3.72. The molecule has 1 fully saturated rings. The molecule has 0 bridgehead atoms. The highest BCUT2D eigenvalue weighted by molar-refractivity contribution is 5.94. The van der Waals surface area contributed by atoms with Crippen LogP contribution in [0.5, 0.6) is 0 Å². The lowest BCUT2D eigenvalue weighted by Crippen LogP contribution is -2.53. The number of hydrogen-bond donors (Lipinski definition) is 1. The number of rotatable bonds is 6. The van der Waals surface area contributed by atoms with Crippen LogP contribution in [0.1, 0.15) is 47.8 Å². The summed E-state index contributed by atoms with van der Waals surface area (Å²) in [6.07, 6.45) is 0.370. The molecule has 0 spiro atoms. The first-order valence-corrected chi connectivity index (χ1v) is 10.8. The third-order valence-corrected chi connectivity index (χ3v) is 5.46. The summed E-state index contributed by atoms with van der Waals surface area (Å²) in [4.78, 5) is 42.0. The maximum Gasteiger partial charge on any atom is 0.253 e. The van der Waals surface area contributed by atoms with Crippen LogP contribution in [0.3, 0.4) is 0 Å². The second-order valence-electron chi connectivity index (χ2n) is 8.49. The van der Waals surface area contributed by atoms with E-state index >= 15 is 0 Å². The lowest BCUT2D eigenvalue weighted by Gasteiger charge is -2.36. The van der Waals surface area contributed by atoms with Gasteiger partial charge in [-0.15, -0.1) is 0 Å². The molecule has 1 heterocycles. The van der Waals surface area contributed by atoms with E-state index in [0.717, 1.165) is 11.1 Å². The molecule has 1 N–H and O–H groups in total. The first-order chi connectivity index (χ1) is 14.8. The molecule has 2 aromatic rings. The molecule has 2 aromatic carbocycles. The minimum absolute atomic E-state index is 0.0167. The number of nitrogens with one attached hydrogen (secondary N) is 1. The fourth-order valence-corrected chi connectivity index (χ4v) is 3.72. The van der Waals surface area contributed by atoms with E-state index in [-0.39, 0.29) is 23.6 Å². The highest BCUT2D eigenvalue weighted by Crippen LogP contribution is 2.19. The molecule has 0 saturated carbocycles. The number of carbonyl (C=O) groups is 3. The van der Waals surface area contributed by atoms with Crippen molar-refractivity contribution in [3.8, 4) is 0 Å². The minimum Gasteiger partial charge on any atom is -0.341 e. The molecular weight excluding hydrogens is 390 g/mol. The molecule has 1 unspecified atom stereocenters. The van der Waals surface area contributed by atoms with Crippen LogP contribution in [0.2, 0.25) is 0 Å². The van der Waals surface area contributed by atoms with Crippen LogP contribution in [0.15, 0.2) is 54.6 Å². The minimum atomic E-state index is -0.716. The molecule has 6 heteroatoms. The van der Waals surface area contributed by atoms with Gasteiger partial charge in [-0.25, -0.2) is 0 Å². The Hall–Kier alpha value is -3.15. The van der Waals surface area contributed by atoms with Crippen LogP contribution in [-0.2, 0) is 9.59 Å². The van der Waals surface area contributed by atoms with Crippen molar-refractivity contribution in [1.82, 2.24) is 15.1 Å². The van der Waals surface area contributed by atoms with Crippen molar-refractivity contribution in [2.75, 3.05) is 26.2 Å². The molecular formula is C25H31N3O3. The maximum absolute atomic E-state index is 13.3. The van der Waals surface area contributed by atoms with E-state index in [4.69, 9.17) is 0 Å². The molecule has 1 aliphatic rings. The van der Waals surface area contributed by atoms with Crippen LogP contribution in [0.25, 0.3) is 0 Å². The number of benzene rings is 2. The Bertz CT molecular complexity index is 901. The Labute approximate surface area is 184 Å². The summed E-state index contributed by atoms with van der Waals surface area (Å²) in [5.41, 5.74) is 2.54. The second kappa shape index (κ2) is 10.2. The van der Waals surface area contributed by atoms with Crippen LogP contribution >= 0.6 is 0 Å². The van der Waals surface area contributed by atoms with Crippen molar-refractivity contribution in [3.05, 3.63) is 71.3 Å². The zero-order valence-corrected chi connectivity index (χ0v) is 18.5. The third-order valence-electron chi connectivity index (χ3n) is 5.46. The summed E-state index contributed by atoms with van der Waals surface area (Å²) in [5.74, 6) is -0.0732. The number of hydrogen-bond acceptors (Lipinski definition) is 3. The lowest BCUT2D eigenvalue weighted by molar-refractivity contribution is -0.138. The second-order valence-corrected chi connectivity index (χ2v) is 8.49. The van der Waals surface area contributed by atoms with E-state index in [1.165, 1.54) is 0 Å².